The molecule has 0 aromatic heterocycles. The van der Waals surface area contributed by atoms with Crippen molar-refractivity contribution in [2.75, 3.05) is 13.2 Å². The number of rotatable bonds is 3. The quantitative estimate of drug-likeness (QED) is 0.500. The molecule has 0 amide bonds. The van der Waals surface area contributed by atoms with Gasteiger partial charge in [-0.1, -0.05) is 36.4 Å². The standard InChI is InChI=1S/C13H10O3.C2H6O2/c14-11-8-4-7-10(13(11)16)12(15)9-5-2-1-3-6-9;3-1-2-4/h1-8,14,16H;3-4H,1-2H2. The Bertz CT molecular complexity index is 549. The fraction of sp³-hybridized carbons (Fsp3) is 0.133. The highest BCUT2D eigenvalue weighted by molar-refractivity contribution is 6.11. The molecule has 2 aromatic carbocycles. The summed E-state index contributed by atoms with van der Waals surface area (Å²) in [7, 11) is 0. The van der Waals surface area contributed by atoms with E-state index >= 15 is 0 Å². The van der Waals surface area contributed by atoms with E-state index in [-0.39, 0.29) is 36.1 Å². The van der Waals surface area contributed by atoms with Gasteiger partial charge >= 0.3 is 0 Å². The Morgan fingerprint density at radius 2 is 1.45 bits per heavy atom. The van der Waals surface area contributed by atoms with Gasteiger partial charge in [0.25, 0.3) is 0 Å². The van der Waals surface area contributed by atoms with E-state index < -0.39 is 0 Å². The molecule has 2 rings (SSSR count). The van der Waals surface area contributed by atoms with Gasteiger partial charge in [0.1, 0.15) is 0 Å². The maximum absolute atomic E-state index is 11.9. The summed E-state index contributed by atoms with van der Waals surface area (Å²) in [5.41, 5.74) is 0.578. The smallest absolute Gasteiger partial charge is 0.196 e. The van der Waals surface area contributed by atoms with Gasteiger partial charge in [-0.05, 0) is 12.1 Å². The Morgan fingerprint density at radius 1 is 0.850 bits per heavy atom. The number of phenolic OH excluding ortho intramolecular Hbond substituents is 2. The topological polar surface area (TPSA) is 98.0 Å². The molecule has 0 aliphatic rings. The van der Waals surface area contributed by atoms with Crippen molar-refractivity contribution in [2.24, 2.45) is 0 Å². The van der Waals surface area contributed by atoms with Crippen LogP contribution in [-0.4, -0.2) is 39.4 Å². The molecule has 0 spiro atoms. The van der Waals surface area contributed by atoms with Crippen molar-refractivity contribution in [1.29, 1.82) is 0 Å². The van der Waals surface area contributed by atoms with E-state index in [4.69, 9.17) is 10.2 Å². The van der Waals surface area contributed by atoms with Crippen LogP contribution in [0.15, 0.2) is 48.5 Å². The number of para-hydroxylation sites is 1. The molecule has 0 bridgehead atoms. The molecule has 0 atom stereocenters. The number of phenols is 2. The second-order valence-electron chi connectivity index (χ2n) is 3.82. The van der Waals surface area contributed by atoms with Crippen molar-refractivity contribution in [3.63, 3.8) is 0 Å². The first-order valence-corrected chi connectivity index (χ1v) is 5.94. The van der Waals surface area contributed by atoms with Crippen molar-refractivity contribution < 1.29 is 25.2 Å². The number of benzene rings is 2. The Hall–Kier alpha value is -2.37. The third-order valence-corrected chi connectivity index (χ3v) is 2.40. The molecule has 0 saturated heterocycles. The summed E-state index contributed by atoms with van der Waals surface area (Å²) in [4.78, 5) is 11.9. The van der Waals surface area contributed by atoms with Gasteiger partial charge in [0.2, 0.25) is 0 Å². The highest BCUT2D eigenvalue weighted by Gasteiger charge is 2.14. The van der Waals surface area contributed by atoms with E-state index in [9.17, 15) is 15.0 Å². The number of hydrogen-bond acceptors (Lipinski definition) is 5. The van der Waals surface area contributed by atoms with Crippen molar-refractivity contribution in [2.45, 2.75) is 0 Å². The Labute approximate surface area is 116 Å². The van der Waals surface area contributed by atoms with Gasteiger partial charge in [0, 0.05) is 5.56 Å². The number of hydrogen-bond donors (Lipinski definition) is 4. The number of aliphatic hydroxyl groups excluding tert-OH is 2. The van der Waals surface area contributed by atoms with E-state index in [1.807, 2.05) is 0 Å². The second kappa shape index (κ2) is 7.93. The number of aromatic hydroxyl groups is 2. The summed E-state index contributed by atoms with van der Waals surface area (Å²) in [5.74, 6) is -0.980. The first-order chi connectivity index (χ1) is 9.61. The van der Waals surface area contributed by atoms with Gasteiger partial charge in [0.15, 0.2) is 17.3 Å². The van der Waals surface area contributed by atoms with Crippen molar-refractivity contribution >= 4 is 5.78 Å². The maximum atomic E-state index is 11.9. The molecule has 0 radical (unpaired) electrons. The molecular formula is C15H16O5. The largest absolute Gasteiger partial charge is 0.504 e. The van der Waals surface area contributed by atoms with Crippen molar-refractivity contribution in [1.82, 2.24) is 0 Å². The highest BCUT2D eigenvalue weighted by atomic mass is 16.3. The van der Waals surface area contributed by atoms with Gasteiger partial charge < -0.3 is 20.4 Å². The van der Waals surface area contributed by atoms with Crippen LogP contribution in [0.25, 0.3) is 0 Å². The van der Waals surface area contributed by atoms with Crippen LogP contribution in [-0.2, 0) is 0 Å². The predicted octanol–water partition coefficient (Wildman–Crippen LogP) is 1.30. The third-order valence-electron chi connectivity index (χ3n) is 2.40. The normalized spacial score (nSPS) is 9.50. The Balaban J connectivity index is 0.000000444. The summed E-state index contributed by atoms with van der Waals surface area (Å²) in [6, 6.07) is 12.9. The Morgan fingerprint density at radius 3 is 2.00 bits per heavy atom. The lowest BCUT2D eigenvalue weighted by Gasteiger charge is -2.04. The fourth-order valence-corrected chi connectivity index (χ4v) is 1.46. The van der Waals surface area contributed by atoms with Crippen molar-refractivity contribution in [3.8, 4) is 11.5 Å². The van der Waals surface area contributed by atoms with Gasteiger partial charge in [0.05, 0.1) is 18.8 Å². The molecule has 5 nitrogen and oxygen atoms in total. The average molecular weight is 276 g/mol. The lowest BCUT2D eigenvalue weighted by atomic mass is 10.0. The monoisotopic (exact) mass is 276 g/mol. The Kier molecular flexibility index (Phi) is 6.22. The zero-order valence-corrected chi connectivity index (χ0v) is 10.7. The number of ketones is 1. The first-order valence-electron chi connectivity index (χ1n) is 5.94. The van der Waals surface area contributed by atoms with E-state index in [2.05, 4.69) is 0 Å². The minimum atomic E-state index is -0.378. The zero-order valence-electron chi connectivity index (χ0n) is 10.7. The maximum Gasteiger partial charge on any atom is 0.196 e. The van der Waals surface area contributed by atoms with Crippen LogP contribution in [0.5, 0.6) is 11.5 Å². The molecule has 106 valence electrons. The molecule has 2 aromatic rings. The number of aliphatic hydroxyl groups is 2. The minimum Gasteiger partial charge on any atom is -0.504 e. The molecule has 0 fully saturated rings. The van der Waals surface area contributed by atoms with Gasteiger partial charge in [-0.3, -0.25) is 4.79 Å². The van der Waals surface area contributed by atoms with Crippen LogP contribution >= 0.6 is 0 Å². The van der Waals surface area contributed by atoms with Gasteiger partial charge in [-0.15, -0.1) is 0 Å². The fourth-order valence-electron chi connectivity index (χ4n) is 1.46. The van der Waals surface area contributed by atoms with Crippen LogP contribution in [0.3, 0.4) is 0 Å². The van der Waals surface area contributed by atoms with E-state index in [1.54, 1.807) is 30.3 Å². The van der Waals surface area contributed by atoms with Crippen LogP contribution in [0, 0.1) is 0 Å². The van der Waals surface area contributed by atoms with E-state index in [1.165, 1.54) is 18.2 Å². The summed E-state index contributed by atoms with van der Waals surface area (Å²) < 4.78 is 0. The SMILES string of the molecule is O=C(c1ccccc1)c1cccc(O)c1O.OCCO. The van der Waals surface area contributed by atoms with Crippen LogP contribution in [0.1, 0.15) is 15.9 Å². The molecular weight excluding hydrogens is 260 g/mol. The summed E-state index contributed by atoms with van der Waals surface area (Å²) in [6.07, 6.45) is 0. The number of carbonyl (C=O) groups is 1. The lowest BCUT2D eigenvalue weighted by Crippen LogP contribution is -2.01. The lowest BCUT2D eigenvalue weighted by molar-refractivity contribution is 0.103. The molecule has 0 aliphatic heterocycles. The third kappa shape index (κ3) is 4.08. The van der Waals surface area contributed by atoms with Crippen LogP contribution < -0.4 is 0 Å². The summed E-state index contributed by atoms with van der Waals surface area (Å²) in [5, 5.41) is 34.1. The zero-order chi connectivity index (χ0) is 15.0. The molecule has 0 saturated carbocycles. The van der Waals surface area contributed by atoms with E-state index in [0.717, 1.165) is 0 Å². The summed E-state index contributed by atoms with van der Waals surface area (Å²) >= 11 is 0. The molecule has 0 heterocycles. The number of carbonyl (C=O) groups excluding carboxylic acids is 1. The molecule has 0 unspecified atom stereocenters. The molecule has 5 heteroatoms. The predicted molar refractivity (Wildman–Crippen MR) is 73.8 cm³/mol. The highest BCUT2D eigenvalue weighted by Crippen LogP contribution is 2.29. The minimum absolute atomic E-state index is 0.103. The molecule has 0 aliphatic carbocycles. The average Bonchev–Trinajstić information content (AvgIpc) is 2.50. The van der Waals surface area contributed by atoms with Crippen LogP contribution in [0.4, 0.5) is 0 Å². The van der Waals surface area contributed by atoms with Crippen LogP contribution in [0.2, 0.25) is 0 Å². The molecule has 20 heavy (non-hydrogen) atoms. The van der Waals surface area contributed by atoms with Gasteiger partial charge in [-0.25, -0.2) is 0 Å². The first kappa shape index (κ1) is 15.7. The molecule has 4 N–H and O–H groups in total. The van der Waals surface area contributed by atoms with E-state index in [0.29, 0.717) is 5.56 Å². The second-order valence-corrected chi connectivity index (χ2v) is 3.82. The summed E-state index contributed by atoms with van der Waals surface area (Å²) in [6.45, 7) is -0.250. The van der Waals surface area contributed by atoms with Gasteiger partial charge in [-0.2, -0.15) is 0 Å². The van der Waals surface area contributed by atoms with Crippen molar-refractivity contribution in [3.05, 3.63) is 59.7 Å².